The Bertz CT molecular complexity index is 342. The van der Waals surface area contributed by atoms with E-state index in [-0.39, 0.29) is 0 Å². The monoisotopic (exact) mass is 180 g/mol. The van der Waals surface area contributed by atoms with Crippen molar-refractivity contribution in [1.82, 2.24) is 0 Å². The molecular weight excluding hydrogens is 168 g/mol. The highest BCUT2D eigenvalue weighted by atomic mass is 16.5. The Labute approximate surface area is 77.0 Å². The molecule has 0 aromatic heterocycles. The number of rotatable bonds is 2. The summed E-state index contributed by atoms with van der Waals surface area (Å²) in [5.41, 5.74) is 1.89. The van der Waals surface area contributed by atoms with Gasteiger partial charge in [0.15, 0.2) is 0 Å². The number of ether oxygens (including phenoxy) is 1. The van der Waals surface area contributed by atoms with Crippen LogP contribution in [0.4, 0.5) is 0 Å². The van der Waals surface area contributed by atoms with Gasteiger partial charge in [0.25, 0.3) is 0 Å². The fourth-order valence-electron chi connectivity index (χ4n) is 1.24. The summed E-state index contributed by atoms with van der Waals surface area (Å²) in [6.45, 7) is 3.58. The maximum Gasteiger partial charge on any atom is 0.335 e. The lowest BCUT2D eigenvalue weighted by Crippen LogP contribution is -2.01. The number of methoxy groups -OCH3 is 1. The van der Waals surface area contributed by atoms with Gasteiger partial charge in [-0.05, 0) is 37.1 Å². The molecule has 3 heteroatoms. The van der Waals surface area contributed by atoms with E-state index in [4.69, 9.17) is 9.84 Å². The lowest BCUT2D eigenvalue weighted by Gasteiger charge is -2.07. The van der Waals surface area contributed by atoms with Gasteiger partial charge in [-0.3, -0.25) is 0 Å². The van der Waals surface area contributed by atoms with E-state index in [2.05, 4.69) is 0 Å². The number of carboxylic acids is 1. The molecule has 0 heterocycles. The van der Waals surface area contributed by atoms with Gasteiger partial charge in [-0.1, -0.05) is 0 Å². The maximum atomic E-state index is 10.7. The summed E-state index contributed by atoms with van der Waals surface area (Å²) in [7, 11) is 1.57. The normalized spacial score (nSPS) is 9.77. The molecule has 0 aliphatic rings. The number of carboxylic acid groups (broad SMARTS) is 1. The van der Waals surface area contributed by atoms with Crippen LogP contribution in [0.15, 0.2) is 12.1 Å². The van der Waals surface area contributed by atoms with Crippen molar-refractivity contribution < 1.29 is 14.6 Å². The molecule has 1 N–H and O–H groups in total. The summed E-state index contributed by atoms with van der Waals surface area (Å²) in [6.07, 6.45) is 0. The van der Waals surface area contributed by atoms with Gasteiger partial charge in [0.1, 0.15) is 5.75 Å². The molecule has 0 saturated carbocycles. The first-order valence-electron chi connectivity index (χ1n) is 3.94. The number of hydrogen-bond acceptors (Lipinski definition) is 2. The van der Waals surface area contributed by atoms with Crippen molar-refractivity contribution in [3.8, 4) is 5.75 Å². The molecule has 0 amide bonds. The third kappa shape index (κ3) is 1.80. The van der Waals surface area contributed by atoms with E-state index in [0.717, 1.165) is 16.9 Å². The Morgan fingerprint density at radius 3 is 2.38 bits per heavy atom. The van der Waals surface area contributed by atoms with E-state index in [1.54, 1.807) is 26.2 Å². The first kappa shape index (κ1) is 9.58. The summed E-state index contributed by atoms with van der Waals surface area (Å²) in [5, 5.41) is 8.81. The molecular formula is C10H12O3. The minimum absolute atomic E-state index is 0.332. The van der Waals surface area contributed by atoms with Crippen LogP contribution in [0.5, 0.6) is 5.75 Å². The van der Waals surface area contributed by atoms with Gasteiger partial charge >= 0.3 is 5.97 Å². The Balaban J connectivity index is 3.28. The minimum Gasteiger partial charge on any atom is -0.496 e. The summed E-state index contributed by atoms with van der Waals surface area (Å²) < 4.78 is 5.07. The zero-order valence-corrected chi connectivity index (χ0v) is 7.92. The second-order valence-corrected chi connectivity index (χ2v) is 2.94. The van der Waals surface area contributed by atoms with E-state index in [9.17, 15) is 4.79 Å². The second kappa shape index (κ2) is 3.47. The highest BCUT2D eigenvalue weighted by Gasteiger charge is 2.09. The molecule has 1 aromatic carbocycles. The van der Waals surface area contributed by atoms with Crippen molar-refractivity contribution in [2.45, 2.75) is 13.8 Å². The van der Waals surface area contributed by atoms with Gasteiger partial charge < -0.3 is 9.84 Å². The minimum atomic E-state index is -0.900. The van der Waals surface area contributed by atoms with Crippen LogP contribution in [0.25, 0.3) is 0 Å². The maximum absolute atomic E-state index is 10.7. The van der Waals surface area contributed by atoms with E-state index in [1.807, 2.05) is 6.92 Å². The van der Waals surface area contributed by atoms with Crippen LogP contribution in [0.2, 0.25) is 0 Å². The number of hydrogen-bond donors (Lipinski definition) is 1. The SMILES string of the molecule is COc1cc(C)c(C(=O)O)cc1C. The van der Waals surface area contributed by atoms with Crippen molar-refractivity contribution >= 4 is 5.97 Å². The molecule has 0 bridgehead atoms. The largest absolute Gasteiger partial charge is 0.496 e. The quantitative estimate of drug-likeness (QED) is 0.757. The lowest BCUT2D eigenvalue weighted by molar-refractivity contribution is 0.0696. The summed E-state index contributed by atoms with van der Waals surface area (Å²) in [5.74, 6) is -0.175. The molecule has 0 unspecified atom stereocenters. The molecule has 0 fully saturated rings. The van der Waals surface area contributed by atoms with Crippen LogP contribution in [-0.4, -0.2) is 18.2 Å². The smallest absolute Gasteiger partial charge is 0.335 e. The predicted molar refractivity (Wildman–Crippen MR) is 49.4 cm³/mol. The topological polar surface area (TPSA) is 46.5 Å². The van der Waals surface area contributed by atoms with Crippen LogP contribution < -0.4 is 4.74 Å². The van der Waals surface area contributed by atoms with E-state index < -0.39 is 5.97 Å². The Kier molecular flexibility index (Phi) is 2.56. The average molecular weight is 180 g/mol. The third-order valence-electron chi connectivity index (χ3n) is 1.97. The first-order chi connectivity index (χ1) is 6.06. The standard InChI is InChI=1S/C10H12O3/c1-6-5-9(13-3)7(2)4-8(6)10(11)12/h4-5H,1-3H3,(H,11,12). The zero-order chi connectivity index (χ0) is 10.0. The average Bonchev–Trinajstić information content (AvgIpc) is 2.07. The molecule has 0 spiro atoms. The van der Waals surface area contributed by atoms with E-state index in [1.165, 1.54) is 0 Å². The molecule has 13 heavy (non-hydrogen) atoms. The number of aromatic carboxylic acids is 1. The van der Waals surface area contributed by atoms with Crippen LogP contribution in [-0.2, 0) is 0 Å². The van der Waals surface area contributed by atoms with Crippen molar-refractivity contribution in [3.05, 3.63) is 28.8 Å². The Hall–Kier alpha value is -1.51. The van der Waals surface area contributed by atoms with Crippen LogP contribution >= 0.6 is 0 Å². The molecule has 0 saturated heterocycles. The van der Waals surface area contributed by atoms with Crippen LogP contribution in [0.1, 0.15) is 21.5 Å². The summed E-state index contributed by atoms with van der Waals surface area (Å²) in [6, 6.07) is 3.36. The van der Waals surface area contributed by atoms with Crippen molar-refractivity contribution in [2.75, 3.05) is 7.11 Å². The number of aryl methyl sites for hydroxylation is 2. The fraction of sp³-hybridized carbons (Fsp3) is 0.300. The summed E-state index contributed by atoms with van der Waals surface area (Å²) >= 11 is 0. The summed E-state index contributed by atoms with van der Waals surface area (Å²) in [4.78, 5) is 10.7. The molecule has 70 valence electrons. The van der Waals surface area contributed by atoms with Gasteiger partial charge in [-0.25, -0.2) is 4.79 Å². The lowest BCUT2D eigenvalue weighted by atomic mass is 10.0. The molecule has 3 nitrogen and oxygen atoms in total. The number of carbonyl (C=O) groups is 1. The number of benzene rings is 1. The molecule has 1 aromatic rings. The van der Waals surface area contributed by atoms with Gasteiger partial charge in [0.2, 0.25) is 0 Å². The van der Waals surface area contributed by atoms with Crippen molar-refractivity contribution in [1.29, 1.82) is 0 Å². The van der Waals surface area contributed by atoms with Crippen molar-refractivity contribution in [2.24, 2.45) is 0 Å². The fourth-order valence-corrected chi connectivity index (χ4v) is 1.24. The molecule has 0 atom stereocenters. The Morgan fingerprint density at radius 2 is 1.92 bits per heavy atom. The second-order valence-electron chi connectivity index (χ2n) is 2.94. The van der Waals surface area contributed by atoms with Gasteiger partial charge in [0.05, 0.1) is 12.7 Å². The van der Waals surface area contributed by atoms with Crippen LogP contribution in [0.3, 0.4) is 0 Å². The third-order valence-corrected chi connectivity index (χ3v) is 1.97. The first-order valence-corrected chi connectivity index (χ1v) is 3.94. The van der Waals surface area contributed by atoms with E-state index in [0.29, 0.717) is 5.56 Å². The zero-order valence-electron chi connectivity index (χ0n) is 7.92. The predicted octanol–water partition coefficient (Wildman–Crippen LogP) is 2.01. The molecule has 0 radical (unpaired) electrons. The van der Waals surface area contributed by atoms with Crippen LogP contribution in [0, 0.1) is 13.8 Å². The van der Waals surface area contributed by atoms with Gasteiger partial charge in [-0.2, -0.15) is 0 Å². The van der Waals surface area contributed by atoms with Gasteiger partial charge in [-0.15, -0.1) is 0 Å². The highest BCUT2D eigenvalue weighted by Crippen LogP contribution is 2.22. The molecule has 0 aliphatic carbocycles. The van der Waals surface area contributed by atoms with Gasteiger partial charge in [0, 0.05) is 0 Å². The molecule has 0 aliphatic heterocycles. The molecule has 1 rings (SSSR count). The van der Waals surface area contributed by atoms with Crippen molar-refractivity contribution in [3.63, 3.8) is 0 Å². The van der Waals surface area contributed by atoms with E-state index >= 15 is 0 Å². The highest BCUT2D eigenvalue weighted by molar-refractivity contribution is 5.89. The Morgan fingerprint density at radius 1 is 1.31 bits per heavy atom.